The Hall–Kier alpha value is -0.900. The van der Waals surface area contributed by atoms with Gasteiger partial charge in [0.15, 0.2) is 11.5 Å². The van der Waals surface area contributed by atoms with Crippen LogP contribution in [0.25, 0.3) is 0 Å². The standard InChI is InChI=1S/C10H12ClNO2.ClH/c1-3-8(12)6-4-7(11)10(13)9(5-6)14-2;/h3-5,8,13H,1,12H2,2H3;1H/t8-;/m0./s1. The van der Waals surface area contributed by atoms with Gasteiger partial charge in [-0.1, -0.05) is 17.7 Å². The molecule has 1 aromatic carbocycles. The van der Waals surface area contributed by atoms with Gasteiger partial charge in [-0.3, -0.25) is 0 Å². The minimum atomic E-state index is -0.318. The molecule has 15 heavy (non-hydrogen) atoms. The number of ether oxygens (including phenoxy) is 1. The van der Waals surface area contributed by atoms with Crippen LogP contribution in [-0.2, 0) is 0 Å². The molecule has 1 atom stereocenters. The largest absolute Gasteiger partial charge is 0.503 e. The van der Waals surface area contributed by atoms with Gasteiger partial charge in [0, 0.05) is 6.04 Å². The fourth-order valence-electron chi connectivity index (χ4n) is 1.08. The number of nitrogens with two attached hydrogens (primary N) is 1. The molecule has 0 saturated carbocycles. The SMILES string of the molecule is C=C[C@H](N)c1cc(Cl)c(O)c(OC)c1.Cl. The predicted octanol–water partition coefficient (Wildman–Crippen LogP) is 2.66. The second-order valence-electron chi connectivity index (χ2n) is 2.82. The van der Waals surface area contributed by atoms with E-state index in [2.05, 4.69) is 6.58 Å². The molecule has 3 N–H and O–H groups in total. The molecule has 0 spiro atoms. The summed E-state index contributed by atoms with van der Waals surface area (Å²) < 4.78 is 4.94. The molecular weight excluding hydrogens is 237 g/mol. The number of benzene rings is 1. The van der Waals surface area contributed by atoms with E-state index in [9.17, 15) is 5.11 Å². The van der Waals surface area contributed by atoms with Crippen LogP contribution >= 0.6 is 24.0 Å². The molecule has 1 rings (SSSR count). The topological polar surface area (TPSA) is 55.5 Å². The highest BCUT2D eigenvalue weighted by Crippen LogP contribution is 2.36. The Balaban J connectivity index is 0.00000196. The van der Waals surface area contributed by atoms with Crippen molar-refractivity contribution in [3.05, 3.63) is 35.4 Å². The normalized spacial score (nSPS) is 11.4. The Kier molecular flexibility index (Phi) is 5.50. The number of hydrogen-bond acceptors (Lipinski definition) is 3. The van der Waals surface area contributed by atoms with E-state index < -0.39 is 0 Å². The van der Waals surface area contributed by atoms with Gasteiger partial charge in [-0.05, 0) is 17.7 Å². The molecule has 0 radical (unpaired) electrons. The molecule has 0 amide bonds. The van der Waals surface area contributed by atoms with E-state index in [4.69, 9.17) is 22.1 Å². The summed E-state index contributed by atoms with van der Waals surface area (Å²) in [4.78, 5) is 0. The van der Waals surface area contributed by atoms with Crippen molar-refractivity contribution >= 4 is 24.0 Å². The summed E-state index contributed by atoms with van der Waals surface area (Å²) in [5, 5.41) is 9.67. The van der Waals surface area contributed by atoms with Crippen LogP contribution in [0.3, 0.4) is 0 Å². The van der Waals surface area contributed by atoms with Crippen molar-refractivity contribution in [2.24, 2.45) is 5.73 Å². The molecule has 0 fully saturated rings. The first-order valence-corrected chi connectivity index (χ1v) is 4.42. The Labute approximate surface area is 99.9 Å². The van der Waals surface area contributed by atoms with E-state index in [0.29, 0.717) is 5.75 Å². The molecule has 0 saturated heterocycles. The molecular formula is C10H13Cl2NO2. The number of hydrogen-bond donors (Lipinski definition) is 2. The molecule has 0 unspecified atom stereocenters. The Morgan fingerprint density at radius 2 is 2.20 bits per heavy atom. The van der Waals surface area contributed by atoms with Gasteiger partial charge in [-0.2, -0.15) is 0 Å². The fraction of sp³-hybridized carbons (Fsp3) is 0.200. The van der Waals surface area contributed by atoms with E-state index in [1.165, 1.54) is 7.11 Å². The Morgan fingerprint density at radius 3 is 2.67 bits per heavy atom. The molecule has 3 nitrogen and oxygen atoms in total. The van der Waals surface area contributed by atoms with Crippen molar-refractivity contribution in [3.8, 4) is 11.5 Å². The first-order valence-electron chi connectivity index (χ1n) is 4.04. The van der Waals surface area contributed by atoms with Crippen molar-refractivity contribution in [1.29, 1.82) is 0 Å². The average Bonchev–Trinajstić information content (AvgIpc) is 2.20. The summed E-state index contributed by atoms with van der Waals surface area (Å²) >= 11 is 5.78. The van der Waals surface area contributed by atoms with Crippen molar-refractivity contribution in [2.75, 3.05) is 7.11 Å². The van der Waals surface area contributed by atoms with Crippen LogP contribution in [0.4, 0.5) is 0 Å². The highest BCUT2D eigenvalue weighted by molar-refractivity contribution is 6.32. The van der Waals surface area contributed by atoms with Crippen LogP contribution in [0.2, 0.25) is 5.02 Å². The minimum absolute atomic E-state index is 0. The first-order chi connectivity index (χ1) is 6.60. The number of rotatable bonds is 3. The smallest absolute Gasteiger partial charge is 0.176 e. The molecule has 5 heteroatoms. The van der Waals surface area contributed by atoms with Crippen molar-refractivity contribution in [3.63, 3.8) is 0 Å². The number of methoxy groups -OCH3 is 1. The van der Waals surface area contributed by atoms with E-state index in [1.54, 1.807) is 18.2 Å². The van der Waals surface area contributed by atoms with Gasteiger partial charge in [-0.25, -0.2) is 0 Å². The summed E-state index contributed by atoms with van der Waals surface area (Å²) in [7, 11) is 1.45. The molecule has 0 aliphatic heterocycles. The summed E-state index contributed by atoms with van der Waals surface area (Å²) in [5.41, 5.74) is 6.47. The molecule has 0 aliphatic carbocycles. The zero-order chi connectivity index (χ0) is 10.7. The Bertz CT molecular complexity index is 356. The molecule has 0 bridgehead atoms. The van der Waals surface area contributed by atoms with Gasteiger partial charge in [0.05, 0.1) is 12.1 Å². The second kappa shape index (κ2) is 5.85. The summed E-state index contributed by atoms with van der Waals surface area (Å²) in [6.45, 7) is 3.57. The summed E-state index contributed by atoms with van der Waals surface area (Å²) in [6.07, 6.45) is 1.59. The van der Waals surface area contributed by atoms with Gasteiger partial charge >= 0.3 is 0 Å². The quantitative estimate of drug-likeness (QED) is 0.811. The van der Waals surface area contributed by atoms with Gasteiger partial charge in [0.25, 0.3) is 0 Å². The monoisotopic (exact) mass is 249 g/mol. The second-order valence-corrected chi connectivity index (χ2v) is 3.22. The van der Waals surface area contributed by atoms with E-state index >= 15 is 0 Å². The molecule has 0 aliphatic rings. The maximum atomic E-state index is 9.45. The summed E-state index contributed by atoms with van der Waals surface area (Å²) in [6, 6.07) is 2.90. The number of halogens is 2. The molecule has 1 aromatic rings. The van der Waals surface area contributed by atoms with Crippen LogP contribution in [0.15, 0.2) is 24.8 Å². The lowest BCUT2D eigenvalue weighted by atomic mass is 10.1. The minimum Gasteiger partial charge on any atom is -0.503 e. The number of aromatic hydroxyl groups is 1. The van der Waals surface area contributed by atoms with E-state index in [1.807, 2.05) is 0 Å². The van der Waals surface area contributed by atoms with Crippen molar-refractivity contribution < 1.29 is 9.84 Å². The zero-order valence-electron chi connectivity index (χ0n) is 8.24. The van der Waals surface area contributed by atoms with Crippen LogP contribution in [0.1, 0.15) is 11.6 Å². The lowest BCUT2D eigenvalue weighted by Crippen LogP contribution is -2.06. The fourth-order valence-corrected chi connectivity index (χ4v) is 1.30. The summed E-state index contributed by atoms with van der Waals surface area (Å²) in [5.74, 6) is 0.235. The van der Waals surface area contributed by atoms with Crippen molar-refractivity contribution in [1.82, 2.24) is 0 Å². The van der Waals surface area contributed by atoms with Gasteiger partial charge in [0.2, 0.25) is 0 Å². The number of phenols is 1. The third-order valence-electron chi connectivity index (χ3n) is 1.91. The maximum Gasteiger partial charge on any atom is 0.176 e. The predicted molar refractivity (Wildman–Crippen MR) is 64.0 cm³/mol. The highest BCUT2D eigenvalue weighted by atomic mass is 35.5. The average molecular weight is 250 g/mol. The molecule has 0 heterocycles. The Morgan fingerprint density at radius 1 is 1.60 bits per heavy atom. The van der Waals surface area contributed by atoms with Gasteiger partial charge in [-0.15, -0.1) is 19.0 Å². The number of phenolic OH excluding ortho intramolecular Hbond substituents is 1. The molecule has 84 valence electrons. The first kappa shape index (κ1) is 14.1. The van der Waals surface area contributed by atoms with Crippen LogP contribution in [0.5, 0.6) is 11.5 Å². The van der Waals surface area contributed by atoms with Crippen LogP contribution < -0.4 is 10.5 Å². The van der Waals surface area contributed by atoms with E-state index in [0.717, 1.165) is 5.56 Å². The van der Waals surface area contributed by atoms with Crippen LogP contribution in [0, 0.1) is 0 Å². The lowest BCUT2D eigenvalue weighted by molar-refractivity contribution is 0.373. The van der Waals surface area contributed by atoms with Crippen LogP contribution in [-0.4, -0.2) is 12.2 Å². The maximum absolute atomic E-state index is 9.45. The highest BCUT2D eigenvalue weighted by Gasteiger charge is 2.11. The lowest BCUT2D eigenvalue weighted by Gasteiger charge is -2.11. The van der Waals surface area contributed by atoms with E-state index in [-0.39, 0.29) is 29.2 Å². The zero-order valence-corrected chi connectivity index (χ0v) is 9.81. The van der Waals surface area contributed by atoms with Gasteiger partial charge < -0.3 is 15.6 Å². The van der Waals surface area contributed by atoms with Gasteiger partial charge in [0.1, 0.15) is 0 Å². The third kappa shape index (κ3) is 3.02. The molecule has 0 aromatic heterocycles. The van der Waals surface area contributed by atoms with Crippen molar-refractivity contribution in [2.45, 2.75) is 6.04 Å². The third-order valence-corrected chi connectivity index (χ3v) is 2.20.